The third-order valence-corrected chi connectivity index (χ3v) is 3.96. The average molecular weight is 293 g/mol. The number of benzene rings is 2. The molecular weight excluding hydrogens is 274 g/mol. The van der Waals surface area contributed by atoms with Gasteiger partial charge in [0.2, 0.25) is 0 Å². The molecule has 1 heterocycles. The molecule has 0 spiro atoms. The Hall–Kier alpha value is -2.55. The van der Waals surface area contributed by atoms with Crippen LogP contribution in [0.2, 0.25) is 0 Å². The van der Waals surface area contributed by atoms with Gasteiger partial charge in [0.15, 0.2) is 0 Å². The lowest BCUT2D eigenvalue weighted by Crippen LogP contribution is -2.09. The summed E-state index contributed by atoms with van der Waals surface area (Å²) in [5.41, 5.74) is 3.47. The van der Waals surface area contributed by atoms with E-state index in [-0.39, 0.29) is 5.92 Å². The fourth-order valence-electron chi connectivity index (χ4n) is 3.08. The van der Waals surface area contributed by atoms with Crippen molar-refractivity contribution >= 4 is 16.9 Å². The highest BCUT2D eigenvalue weighted by molar-refractivity contribution is 6.05. The molecule has 0 radical (unpaired) electrons. The molecule has 0 unspecified atom stereocenters. The van der Waals surface area contributed by atoms with Crippen molar-refractivity contribution in [1.82, 2.24) is 4.57 Å². The highest BCUT2D eigenvalue weighted by Gasteiger charge is 2.23. The van der Waals surface area contributed by atoms with Crippen molar-refractivity contribution in [2.75, 3.05) is 0 Å². The molecule has 1 N–H and O–H groups in total. The van der Waals surface area contributed by atoms with Gasteiger partial charge in [0.1, 0.15) is 0 Å². The fourth-order valence-corrected chi connectivity index (χ4v) is 3.08. The molecule has 0 aliphatic heterocycles. The average Bonchev–Trinajstić information content (AvgIpc) is 2.83. The van der Waals surface area contributed by atoms with Gasteiger partial charge in [-0.15, -0.1) is 0 Å². The number of aromatic carboxylic acids is 1. The minimum absolute atomic E-state index is 0.141. The maximum absolute atomic E-state index is 11.8. The summed E-state index contributed by atoms with van der Waals surface area (Å²) in [5.74, 6) is -0.714. The van der Waals surface area contributed by atoms with E-state index < -0.39 is 5.97 Å². The largest absolute Gasteiger partial charge is 0.478 e. The Bertz CT molecular complexity index is 816. The van der Waals surface area contributed by atoms with Gasteiger partial charge in [0.05, 0.1) is 5.56 Å². The lowest BCUT2D eigenvalue weighted by molar-refractivity contribution is 0.0697. The molecule has 0 bridgehead atoms. The lowest BCUT2D eigenvalue weighted by Gasteiger charge is -2.14. The zero-order valence-electron chi connectivity index (χ0n) is 12.8. The molecule has 0 aliphatic carbocycles. The quantitative estimate of drug-likeness (QED) is 0.769. The van der Waals surface area contributed by atoms with Gasteiger partial charge in [0, 0.05) is 23.1 Å². The Morgan fingerprint density at radius 1 is 1.05 bits per heavy atom. The smallest absolute Gasteiger partial charge is 0.338 e. The monoisotopic (exact) mass is 293 g/mol. The summed E-state index contributed by atoms with van der Waals surface area (Å²) in [6.45, 7) is 4.77. The summed E-state index contributed by atoms with van der Waals surface area (Å²) in [6.07, 6.45) is 0. The molecule has 3 heteroatoms. The highest BCUT2D eigenvalue weighted by Crippen LogP contribution is 2.32. The summed E-state index contributed by atoms with van der Waals surface area (Å²) in [6, 6.07) is 17.9. The number of hydrogen-bond acceptors (Lipinski definition) is 1. The first-order chi connectivity index (χ1) is 10.6. The van der Waals surface area contributed by atoms with Crippen molar-refractivity contribution in [1.29, 1.82) is 0 Å². The molecule has 0 aliphatic rings. The van der Waals surface area contributed by atoms with Gasteiger partial charge < -0.3 is 9.67 Å². The van der Waals surface area contributed by atoms with E-state index in [4.69, 9.17) is 0 Å². The first kappa shape index (κ1) is 14.4. The molecule has 3 rings (SSSR count). The molecule has 3 aromatic rings. The van der Waals surface area contributed by atoms with Crippen LogP contribution in [0.15, 0.2) is 54.6 Å². The highest BCUT2D eigenvalue weighted by atomic mass is 16.4. The van der Waals surface area contributed by atoms with E-state index in [0.29, 0.717) is 12.1 Å². The Morgan fingerprint density at radius 2 is 1.68 bits per heavy atom. The van der Waals surface area contributed by atoms with E-state index in [9.17, 15) is 9.90 Å². The van der Waals surface area contributed by atoms with Gasteiger partial charge in [-0.25, -0.2) is 4.79 Å². The van der Waals surface area contributed by atoms with E-state index in [1.165, 1.54) is 5.56 Å². The third-order valence-electron chi connectivity index (χ3n) is 3.96. The van der Waals surface area contributed by atoms with E-state index >= 15 is 0 Å². The van der Waals surface area contributed by atoms with Crippen LogP contribution in [0.3, 0.4) is 0 Å². The lowest BCUT2D eigenvalue weighted by atomic mass is 10.0. The Morgan fingerprint density at radius 3 is 2.32 bits per heavy atom. The summed E-state index contributed by atoms with van der Waals surface area (Å²) < 4.78 is 2.14. The van der Waals surface area contributed by atoms with Gasteiger partial charge in [-0.1, -0.05) is 62.4 Å². The second-order valence-electron chi connectivity index (χ2n) is 5.81. The van der Waals surface area contributed by atoms with Crippen LogP contribution in [-0.2, 0) is 6.54 Å². The van der Waals surface area contributed by atoms with E-state index in [0.717, 1.165) is 16.6 Å². The first-order valence-electron chi connectivity index (χ1n) is 7.48. The summed E-state index contributed by atoms with van der Waals surface area (Å²) in [5, 5.41) is 10.5. The molecule has 3 nitrogen and oxygen atoms in total. The number of hydrogen-bond donors (Lipinski definition) is 1. The van der Waals surface area contributed by atoms with Gasteiger partial charge >= 0.3 is 5.97 Å². The third kappa shape index (κ3) is 2.39. The van der Waals surface area contributed by atoms with Crippen LogP contribution >= 0.6 is 0 Å². The first-order valence-corrected chi connectivity index (χ1v) is 7.48. The Balaban J connectivity index is 2.28. The molecule has 0 fully saturated rings. The molecule has 22 heavy (non-hydrogen) atoms. The minimum atomic E-state index is -0.855. The minimum Gasteiger partial charge on any atom is -0.478 e. The van der Waals surface area contributed by atoms with Crippen molar-refractivity contribution in [3.8, 4) is 0 Å². The second kappa shape index (κ2) is 5.68. The number of rotatable bonds is 4. The van der Waals surface area contributed by atoms with Crippen molar-refractivity contribution < 1.29 is 9.90 Å². The Labute approximate surface area is 129 Å². The van der Waals surface area contributed by atoms with Crippen LogP contribution < -0.4 is 0 Å². The summed E-state index contributed by atoms with van der Waals surface area (Å²) in [4.78, 5) is 11.8. The molecule has 112 valence electrons. The van der Waals surface area contributed by atoms with Crippen molar-refractivity contribution in [2.45, 2.75) is 26.3 Å². The van der Waals surface area contributed by atoms with Gasteiger partial charge in [0.25, 0.3) is 0 Å². The number of fused-ring (bicyclic) bond motifs is 1. The van der Waals surface area contributed by atoms with Crippen LogP contribution in [0, 0.1) is 0 Å². The van der Waals surface area contributed by atoms with Crippen molar-refractivity contribution in [2.24, 2.45) is 0 Å². The predicted molar refractivity (Wildman–Crippen MR) is 88.5 cm³/mol. The number of carbonyl (C=O) groups is 1. The van der Waals surface area contributed by atoms with E-state index in [1.807, 2.05) is 56.3 Å². The van der Waals surface area contributed by atoms with Crippen molar-refractivity contribution in [3.05, 3.63) is 71.4 Å². The topological polar surface area (TPSA) is 42.2 Å². The van der Waals surface area contributed by atoms with Crippen LogP contribution in [0.25, 0.3) is 10.9 Å². The zero-order chi connectivity index (χ0) is 15.7. The maximum atomic E-state index is 11.8. The van der Waals surface area contributed by atoms with Crippen LogP contribution in [-0.4, -0.2) is 15.6 Å². The fraction of sp³-hybridized carbons (Fsp3) is 0.211. The number of aromatic nitrogens is 1. The summed E-state index contributed by atoms with van der Waals surface area (Å²) >= 11 is 0. The standard InChI is InChI=1S/C19H19NO2/c1-13(2)18-17(19(21)22)15-10-6-7-11-16(15)20(18)12-14-8-4-3-5-9-14/h3-11,13H,12H2,1-2H3,(H,21,22). The molecule has 0 atom stereocenters. The van der Waals surface area contributed by atoms with Crippen LogP contribution in [0.4, 0.5) is 0 Å². The Kier molecular flexibility index (Phi) is 3.72. The molecule has 0 saturated carbocycles. The molecule has 1 aromatic heterocycles. The number of nitrogens with zero attached hydrogens (tertiary/aromatic N) is 1. The van der Waals surface area contributed by atoms with Gasteiger partial charge in [-0.3, -0.25) is 0 Å². The van der Waals surface area contributed by atoms with E-state index in [2.05, 4.69) is 16.7 Å². The van der Waals surface area contributed by atoms with E-state index in [1.54, 1.807) is 0 Å². The van der Waals surface area contributed by atoms with Crippen LogP contribution in [0.1, 0.15) is 41.4 Å². The predicted octanol–water partition coefficient (Wildman–Crippen LogP) is 4.51. The van der Waals surface area contributed by atoms with Crippen LogP contribution in [0.5, 0.6) is 0 Å². The van der Waals surface area contributed by atoms with Gasteiger partial charge in [-0.2, -0.15) is 0 Å². The SMILES string of the molecule is CC(C)c1c(C(=O)O)c2ccccc2n1Cc1ccccc1. The molecule has 0 saturated heterocycles. The molecular formula is C19H19NO2. The summed E-state index contributed by atoms with van der Waals surface area (Å²) in [7, 11) is 0. The number of para-hydroxylation sites is 1. The molecule has 0 amide bonds. The number of carboxylic acids is 1. The second-order valence-corrected chi connectivity index (χ2v) is 5.81. The number of carboxylic acid groups (broad SMARTS) is 1. The molecule has 2 aromatic carbocycles. The zero-order valence-corrected chi connectivity index (χ0v) is 12.8. The maximum Gasteiger partial charge on any atom is 0.338 e. The normalized spacial score (nSPS) is 11.2. The van der Waals surface area contributed by atoms with Gasteiger partial charge in [-0.05, 0) is 17.5 Å². The van der Waals surface area contributed by atoms with Crippen molar-refractivity contribution in [3.63, 3.8) is 0 Å².